The zero-order valence-corrected chi connectivity index (χ0v) is 11.8. The van der Waals surface area contributed by atoms with Crippen LogP contribution in [0.15, 0.2) is 36.8 Å². The number of nitrogens with one attached hydrogen (secondary N) is 2. The van der Waals surface area contributed by atoms with Crippen LogP contribution >= 0.6 is 0 Å². The van der Waals surface area contributed by atoms with Crippen molar-refractivity contribution < 1.29 is 0 Å². The molecule has 3 aromatic rings. The average molecular weight is 266 g/mol. The van der Waals surface area contributed by atoms with E-state index in [0.29, 0.717) is 0 Å². The summed E-state index contributed by atoms with van der Waals surface area (Å²) < 4.78 is 0. The van der Waals surface area contributed by atoms with Crippen LogP contribution in [0.2, 0.25) is 0 Å². The molecule has 0 atom stereocenters. The van der Waals surface area contributed by atoms with Crippen LogP contribution in [0.3, 0.4) is 0 Å². The van der Waals surface area contributed by atoms with E-state index in [2.05, 4.69) is 51.6 Å². The largest absolute Gasteiger partial charge is 0.370 e. The van der Waals surface area contributed by atoms with Crippen molar-refractivity contribution in [3.05, 3.63) is 53.6 Å². The molecule has 0 amide bonds. The van der Waals surface area contributed by atoms with Gasteiger partial charge in [0.05, 0.1) is 0 Å². The normalized spacial score (nSPS) is 10.9. The summed E-state index contributed by atoms with van der Waals surface area (Å²) in [4.78, 5) is 11.6. The van der Waals surface area contributed by atoms with Crippen molar-refractivity contribution in [3.8, 4) is 0 Å². The molecule has 3 rings (SSSR count). The first kappa shape index (κ1) is 12.7. The van der Waals surface area contributed by atoms with Crippen LogP contribution in [0, 0.1) is 13.8 Å². The van der Waals surface area contributed by atoms with E-state index < -0.39 is 0 Å². The Morgan fingerprint density at radius 1 is 1.15 bits per heavy atom. The molecule has 0 saturated carbocycles. The van der Waals surface area contributed by atoms with E-state index in [9.17, 15) is 0 Å². The minimum absolute atomic E-state index is 0.858. The van der Waals surface area contributed by atoms with E-state index in [1.807, 2.05) is 13.0 Å². The van der Waals surface area contributed by atoms with Crippen LogP contribution < -0.4 is 5.32 Å². The van der Waals surface area contributed by atoms with Crippen molar-refractivity contribution >= 4 is 16.7 Å². The SMILES string of the molecule is Cc1ccc2c(CCNc3cc(C)ncn3)c[nH]c2c1. The Labute approximate surface area is 118 Å². The topological polar surface area (TPSA) is 53.6 Å². The molecule has 4 heteroatoms. The third-order valence-corrected chi connectivity index (χ3v) is 3.43. The lowest BCUT2D eigenvalue weighted by molar-refractivity contribution is 0.999. The summed E-state index contributed by atoms with van der Waals surface area (Å²) in [5.41, 5.74) is 4.79. The van der Waals surface area contributed by atoms with Gasteiger partial charge in [0.15, 0.2) is 0 Å². The van der Waals surface area contributed by atoms with Crippen molar-refractivity contribution in [3.63, 3.8) is 0 Å². The van der Waals surface area contributed by atoms with E-state index in [1.165, 1.54) is 22.0 Å². The fraction of sp³-hybridized carbons (Fsp3) is 0.250. The van der Waals surface area contributed by atoms with Crippen molar-refractivity contribution in [2.75, 3.05) is 11.9 Å². The summed E-state index contributed by atoms with van der Waals surface area (Å²) in [7, 11) is 0. The van der Waals surface area contributed by atoms with Crippen LogP contribution in [0.5, 0.6) is 0 Å². The lowest BCUT2D eigenvalue weighted by atomic mass is 10.1. The highest BCUT2D eigenvalue weighted by Gasteiger charge is 2.03. The first-order valence-corrected chi connectivity index (χ1v) is 6.81. The highest BCUT2D eigenvalue weighted by Crippen LogP contribution is 2.19. The van der Waals surface area contributed by atoms with Crippen LogP contribution in [-0.4, -0.2) is 21.5 Å². The maximum Gasteiger partial charge on any atom is 0.129 e. The van der Waals surface area contributed by atoms with Gasteiger partial charge in [-0.25, -0.2) is 9.97 Å². The molecule has 2 N–H and O–H groups in total. The van der Waals surface area contributed by atoms with Gasteiger partial charge in [0.2, 0.25) is 0 Å². The van der Waals surface area contributed by atoms with Gasteiger partial charge in [-0.1, -0.05) is 12.1 Å². The molecule has 0 saturated heterocycles. The van der Waals surface area contributed by atoms with Gasteiger partial charge < -0.3 is 10.3 Å². The maximum absolute atomic E-state index is 4.20. The predicted octanol–water partition coefficient (Wildman–Crippen LogP) is 3.23. The number of aryl methyl sites for hydroxylation is 2. The predicted molar refractivity (Wildman–Crippen MR) is 82.0 cm³/mol. The maximum atomic E-state index is 4.20. The lowest BCUT2D eigenvalue weighted by Gasteiger charge is -2.05. The van der Waals surface area contributed by atoms with Gasteiger partial charge in [-0.15, -0.1) is 0 Å². The Bertz CT molecular complexity index is 730. The fourth-order valence-electron chi connectivity index (χ4n) is 2.38. The van der Waals surface area contributed by atoms with E-state index in [4.69, 9.17) is 0 Å². The van der Waals surface area contributed by atoms with Crippen molar-refractivity contribution in [1.82, 2.24) is 15.0 Å². The van der Waals surface area contributed by atoms with Gasteiger partial charge in [0.1, 0.15) is 12.1 Å². The number of fused-ring (bicyclic) bond motifs is 1. The minimum Gasteiger partial charge on any atom is -0.370 e. The number of H-pyrrole nitrogens is 1. The standard InChI is InChI=1S/C16H18N4/c1-11-3-4-14-13(9-18-15(14)7-11)5-6-17-16-8-12(2)19-10-20-16/h3-4,7-10,18H,5-6H2,1-2H3,(H,17,19,20). The zero-order chi connectivity index (χ0) is 13.9. The molecular formula is C16H18N4. The van der Waals surface area contributed by atoms with Gasteiger partial charge in [-0.3, -0.25) is 0 Å². The fourth-order valence-corrected chi connectivity index (χ4v) is 2.38. The summed E-state index contributed by atoms with van der Waals surface area (Å²) in [6.07, 6.45) is 4.65. The number of hydrogen-bond acceptors (Lipinski definition) is 3. The number of hydrogen-bond donors (Lipinski definition) is 2. The molecule has 0 bridgehead atoms. The highest BCUT2D eigenvalue weighted by molar-refractivity contribution is 5.83. The molecule has 102 valence electrons. The number of rotatable bonds is 4. The molecule has 0 aliphatic heterocycles. The molecule has 0 radical (unpaired) electrons. The second-order valence-electron chi connectivity index (χ2n) is 5.08. The minimum atomic E-state index is 0.858. The summed E-state index contributed by atoms with van der Waals surface area (Å²) in [5, 5.41) is 4.64. The molecule has 0 unspecified atom stereocenters. The monoisotopic (exact) mass is 266 g/mol. The molecule has 2 heterocycles. The average Bonchev–Trinajstić information content (AvgIpc) is 2.81. The number of aromatic amines is 1. The van der Waals surface area contributed by atoms with E-state index >= 15 is 0 Å². The van der Waals surface area contributed by atoms with Crippen molar-refractivity contribution in [2.24, 2.45) is 0 Å². The first-order valence-electron chi connectivity index (χ1n) is 6.81. The Balaban J connectivity index is 1.68. The summed E-state index contributed by atoms with van der Waals surface area (Å²) in [5.74, 6) is 0.883. The third kappa shape index (κ3) is 2.64. The third-order valence-electron chi connectivity index (χ3n) is 3.43. The Hall–Kier alpha value is -2.36. The van der Waals surface area contributed by atoms with E-state index in [1.54, 1.807) is 6.33 Å². The Morgan fingerprint density at radius 2 is 2.05 bits per heavy atom. The molecule has 4 nitrogen and oxygen atoms in total. The quantitative estimate of drug-likeness (QED) is 0.762. The van der Waals surface area contributed by atoms with E-state index in [-0.39, 0.29) is 0 Å². The Kier molecular flexibility index (Phi) is 3.37. The highest BCUT2D eigenvalue weighted by atomic mass is 15.0. The van der Waals surface area contributed by atoms with Gasteiger partial charge >= 0.3 is 0 Å². The second-order valence-corrected chi connectivity index (χ2v) is 5.08. The van der Waals surface area contributed by atoms with Gasteiger partial charge in [-0.2, -0.15) is 0 Å². The molecule has 2 aromatic heterocycles. The van der Waals surface area contributed by atoms with E-state index in [0.717, 1.165) is 24.5 Å². The molecule has 1 aromatic carbocycles. The Morgan fingerprint density at radius 3 is 2.90 bits per heavy atom. The lowest BCUT2D eigenvalue weighted by Crippen LogP contribution is -2.06. The summed E-state index contributed by atoms with van der Waals surface area (Å²) in [6.45, 7) is 4.94. The molecule has 0 aliphatic rings. The van der Waals surface area contributed by atoms with Crippen molar-refractivity contribution in [2.45, 2.75) is 20.3 Å². The van der Waals surface area contributed by atoms with Crippen LogP contribution in [0.4, 0.5) is 5.82 Å². The van der Waals surface area contributed by atoms with Gasteiger partial charge in [0.25, 0.3) is 0 Å². The summed E-state index contributed by atoms with van der Waals surface area (Å²) >= 11 is 0. The zero-order valence-electron chi connectivity index (χ0n) is 11.8. The van der Waals surface area contributed by atoms with Crippen LogP contribution in [0.1, 0.15) is 16.8 Å². The molecule has 20 heavy (non-hydrogen) atoms. The molecule has 0 aliphatic carbocycles. The number of nitrogens with zero attached hydrogens (tertiary/aromatic N) is 2. The van der Waals surface area contributed by atoms with Crippen LogP contribution in [0.25, 0.3) is 10.9 Å². The molecule has 0 spiro atoms. The number of anilines is 1. The molecule has 0 fully saturated rings. The molecular weight excluding hydrogens is 248 g/mol. The second kappa shape index (κ2) is 5.33. The number of benzene rings is 1. The summed E-state index contributed by atoms with van der Waals surface area (Å²) in [6, 6.07) is 8.48. The van der Waals surface area contributed by atoms with Gasteiger partial charge in [0, 0.05) is 35.4 Å². The van der Waals surface area contributed by atoms with Crippen LogP contribution in [-0.2, 0) is 6.42 Å². The van der Waals surface area contributed by atoms with Crippen molar-refractivity contribution in [1.29, 1.82) is 0 Å². The number of aromatic nitrogens is 3. The smallest absolute Gasteiger partial charge is 0.129 e. The first-order chi connectivity index (χ1) is 9.72. The van der Waals surface area contributed by atoms with Gasteiger partial charge in [-0.05, 0) is 37.5 Å².